The first-order valence-corrected chi connectivity index (χ1v) is 9.04. The zero-order valence-electron chi connectivity index (χ0n) is 13.9. The van der Waals surface area contributed by atoms with Crippen molar-refractivity contribution in [2.24, 2.45) is 4.99 Å². The van der Waals surface area contributed by atoms with Gasteiger partial charge in [0, 0.05) is 11.6 Å². The van der Waals surface area contributed by atoms with Gasteiger partial charge in [0.2, 0.25) is 0 Å². The minimum Gasteiger partial charge on any atom is -0.457 e. The number of carbonyl (C=O) groups is 1. The largest absolute Gasteiger partial charge is 0.457 e. The molecule has 0 spiro atoms. The summed E-state index contributed by atoms with van der Waals surface area (Å²) in [5.74, 6) is 1.27. The molecule has 0 atom stereocenters. The molecule has 5 heteroatoms. The molecule has 1 aliphatic rings. The maximum absolute atomic E-state index is 12.2. The van der Waals surface area contributed by atoms with E-state index in [1.54, 1.807) is 6.08 Å². The number of thioether (sulfide) groups is 1. The van der Waals surface area contributed by atoms with Crippen molar-refractivity contribution in [3.05, 3.63) is 89.0 Å². The van der Waals surface area contributed by atoms with E-state index >= 15 is 0 Å². The van der Waals surface area contributed by atoms with Crippen molar-refractivity contribution in [3.63, 3.8) is 0 Å². The van der Waals surface area contributed by atoms with Gasteiger partial charge in [-0.15, -0.1) is 0 Å². The molecule has 0 aliphatic carbocycles. The molecule has 1 fully saturated rings. The summed E-state index contributed by atoms with van der Waals surface area (Å²) in [5, 5.41) is 3.41. The topological polar surface area (TPSA) is 54.6 Å². The maximum atomic E-state index is 12.2. The SMILES string of the molecule is O=C1NC(=NCc2ccccc2)SC1=Cc1ccc(-c2ccccc2)o1. The first-order chi connectivity index (χ1) is 12.8. The lowest BCUT2D eigenvalue weighted by Gasteiger charge is -1.96. The molecule has 1 saturated heterocycles. The molecule has 0 unspecified atom stereocenters. The smallest absolute Gasteiger partial charge is 0.264 e. The summed E-state index contributed by atoms with van der Waals surface area (Å²) in [5.41, 5.74) is 2.11. The second-order valence-corrected chi connectivity index (χ2v) is 6.77. The molecule has 1 N–H and O–H groups in total. The molecule has 3 aromatic rings. The average Bonchev–Trinajstić information content (AvgIpc) is 3.29. The Hall–Kier alpha value is -3.05. The molecule has 2 aromatic carbocycles. The van der Waals surface area contributed by atoms with Crippen LogP contribution in [0.2, 0.25) is 0 Å². The third kappa shape index (κ3) is 3.78. The number of hydrogen-bond acceptors (Lipinski definition) is 4. The molecule has 4 nitrogen and oxygen atoms in total. The van der Waals surface area contributed by atoms with E-state index in [0.717, 1.165) is 16.9 Å². The molecule has 1 amide bonds. The predicted octanol–water partition coefficient (Wildman–Crippen LogP) is 4.71. The Labute approximate surface area is 155 Å². The summed E-state index contributed by atoms with van der Waals surface area (Å²) >= 11 is 1.33. The van der Waals surface area contributed by atoms with Gasteiger partial charge in [-0.05, 0) is 29.5 Å². The lowest BCUT2D eigenvalue weighted by Crippen LogP contribution is -2.19. The number of nitrogens with one attached hydrogen (secondary N) is 1. The van der Waals surface area contributed by atoms with Gasteiger partial charge in [0.15, 0.2) is 5.17 Å². The Balaban J connectivity index is 1.48. The van der Waals surface area contributed by atoms with Crippen LogP contribution < -0.4 is 5.32 Å². The van der Waals surface area contributed by atoms with Crippen LogP contribution in [-0.4, -0.2) is 11.1 Å². The molecular formula is C21H16N2O2S. The molecule has 0 saturated carbocycles. The minimum absolute atomic E-state index is 0.153. The number of furan rings is 1. The van der Waals surface area contributed by atoms with Gasteiger partial charge in [-0.2, -0.15) is 0 Å². The molecule has 128 valence electrons. The predicted molar refractivity (Wildman–Crippen MR) is 105 cm³/mol. The maximum Gasteiger partial charge on any atom is 0.264 e. The van der Waals surface area contributed by atoms with Crippen molar-refractivity contribution in [1.82, 2.24) is 5.32 Å². The minimum atomic E-state index is -0.153. The fourth-order valence-corrected chi connectivity index (χ4v) is 3.37. The van der Waals surface area contributed by atoms with Gasteiger partial charge >= 0.3 is 0 Å². The molecular weight excluding hydrogens is 344 g/mol. The summed E-state index contributed by atoms with van der Waals surface area (Å²) in [6.07, 6.45) is 1.75. The zero-order chi connectivity index (χ0) is 17.8. The number of amides is 1. The van der Waals surface area contributed by atoms with Crippen molar-refractivity contribution in [2.75, 3.05) is 0 Å². The van der Waals surface area contributed by atoms with Gasteiger partial charge in [0.25, 0.3) is 5.91 Å². The van der Waals surface area contributed by atoms with Gasteiger partial charge < -0.3 is 9.73 Å². The van der Waals surface area contributed by atoms with E-state index in [9.17, 15) is 4.79 Å². The molecule has 0 radical (unpaired) electrons. The Kier molecular flexibility index (Phi) is 4.71. The van der Waals surface area contributed by atoms with Crippen LogP contribution in [0, 0.1) is 0 Å². The number of amidine groups is 1. The van der Waals surface area contributed by atoms with Crippen LogP contribution in [0.1, 0.15) is 11.3 Å². The third-order valence-electron chi connectivity index (χ3n) is 3.86. The highest BCUT2D eigenvalue weighted by Crippen LogP contribution is 2.28. The summed E-state index contributed by atoms with van der Waals surface area (Å²) in [6.45, 7) is 0.537. The van der Waals surface area contributed by atoms with E-state index < -0.39 is 0 Å². The van der Waals surface area contributed by atoms with Gasteiger partial charge in [-0.1, -0.05) is 60.7 Å². The van der Waals surface area contributed by atoms with Crippen LogP contribution in [0.4, 0.5) is 0 Å². The standard InChI is InChI=1S/C21H16N2O2S/c24-20-19(26-21(23-20)22-14-15-7-3-1-4-8-15)13-17-11-12-18(25-17)16-9-5-2-6-10-16/h1-13H,14H2,(H,22,23,24). The lowest BCUT2D eigenvalue weighted by atomic mass is 10.2. The third-order valence-corrected chi connectivity index (χ3v) is 4.81. The summed E-state index contributed by atoms with van der Waals surface area (Å²) in [7, 11) is 0. The highest BCUT2D eigenvalue weighted by Gasteiger charge is 2.24. The molecule has 1 aliphatic heterocycles. The Morgan fingerprint density at radius 1 is 0.962 bits per heavy atom. The van der Waals surface area contributed by atoms with Gasteiger partial charge in [-0.3, -0.25) is 9.79 Å². The second kappa shape index (κ2) is 7.45. The fourth-order valence-electron chi connectivity index (χ4n) is 2.57. The van der Waals surface area contributed by atoms with E-state index in [1.807, 2.05) is 72.8 Å². The van der Waals surface area contributed by atoms with E-state index in [-0.39, 0.29) is 5.91 Å². The number of hydrogen-bond donors (Lipinski definition) is 1. The van der Waals surface area contributed by atoms with E-state index in [4.69, 9.17) is 4.42 Å². The summed E-state index contributed by atoms with van der Waals surface area (Å²) in [4.78, 5) is 17.2. The first-order valence-electron chi connectivity index (χ1n) is 8.22. The van der Waals surface area contributed by atoms with Gasteiger partial charge in [0.1, 0.15) is 11.5 Å². The lowest BCUT2D eigenvalue weighted by molar-refractivity contribution is -0.115. The van der Waals surface area contributed by atoms with Crippen LogP contribution >= 0.6 is 11.8 Å². The van der Waals surface area contributed by atoms with Gasteiger partial charge in [-0.25, -0.2) is 0 Å². The van der Waals surface area contributed by atoms with Crippen molar-refractivity contribution >= 4 is 28.9 Å². The molecule has 0 bridgehead atoms. The van der Waals surface area contributed by atoms with E-state index in [1.165, 1.54) is 11.8 Å². The van der Waals surface area contributed by atoms with Crippen molar-refractivity contribution in [2.45, 2.75) is 6.54 Å². The number of carbonyl (C=O) groups excluding carboxylic acids is 1. The highest BCUT2D eigenvalue weighted by atomic mass is 32.2. The van der Waals surface area contributed by atoms with Crippen LogP contribution in [0.5, 0.6) is 0 Å². The Morgan fingerprint density at radius 3 is 2.46 bits per heavy atom. The zero-order valence-corrected chi connectivity index (χ0v) is 14.7. The monoisotopic (exact) mass is 360 g/mol. The number of rotatable bonds is 4. The molecule has 1 aromatic heterocycles. The van der Waals surface area contributed by atoms with Crippen molar-refractivity contribution < 1.29 is 9.21 Å². The quantitative estimate of drug-likeness (QED) is 0.686. The molecule has 2 heterocycles. The number of nitrogens with zero attached hydrogens (tertiary/aromatic N) is 1. The second-order valence-electron chi connectivity index (χ2n) is 5.74. The summed E-state index contributed by atoms with van der Waals surface area (Å²) < 4.78 is 5.83. The van der Waals surface area contributed by atoms with Gasteiger partial charge in [0.05, 0.1) is 11.4 Å². The van der Waals surface area contributed by atoms with Crippen LogP contribution in [-0.2, 0) is 11.3 Å². The van der Waals surface area contributed by atoms with Crippen molar-refractivity contribution in [3.8, 4) is 11.3 Å². The van der Waals surface area contributed by atoms with E-state index in [0.29, 0.717) is 22.4 Å². The van der Waals surface area contributed by atoms with Crippen LogP contribution in [0.15, 0.2) is 87.1 Å². The number of benzene rings is 2. The molecule has 4 rings (SSSR count). The van der Waals surface area contributed by atoms with Crippen molar-refractivity contribution in [1.29, 1.82) is 0 Å². The fraction of sp³-hybridized carbons (Fsp3) is 0.0476. The number of aliphatic imine (C=N–C) groups is 1. The van der Waals surface area contributed by atoms with Crippen LogP contribution in [0.25, 0.3) is 17.4 Å². The van der Waals surface area contributed by atoms with Crippen LogP contribution in [0.3, 0.4) is 0 Å². The Bertz CT molecular complexity index is 976. The highest BCUT2D eigenvalue weighted by molar-refractivity contribution is 8.18. The average molecular weight is 360 g/mol. The normalized spacial score (nSPS) is 17.0. The van der Waals surface area contributed by atoms with E-state index in [2.05, 4.69) is 10.3 Å². The first kappa shape index (κ1) is 16.4. The molecule has 26 heavy (non-hydrogen) atoms. The summed E-state index contributed by atoms with van der Waals surface area (Å²) in [6, 6.07) is 23.6. The Morgan fingerprint density at radius 2 is 1.69 bits per heavy atom.